The normalized spacial score (nSPS) is 23.6. The van der Waals surface area contributed by atoms with Gasteiger partial charge in [-0.2, -0.15) is 13.0 Å². The predicted molar refractivity (Wildman–Crippen MR) is 179 cm³/mol. The Balaban J connectivity index is 1.60. The molecule has 6 rings (SSSR count). The van der Waals surface area contributed by atoms with Gasteiger partial charge in [-0.25, -0.2) is 0 Å². The molecule has 0 saturated heterocycles. The average molecular weight is 650 g/mol. The molecule has 0 amide bonds. The van der Waals surface area contributed by atoms with E-state index in [2.05, 4.69) is 50.1 Å². The summed E-state index contributed by atoms with van der Waals surface area (Å²) < 4.78 is 43.1. The van der Waals surface area contributed by atoms with Crippen molar-refractivity contribution >= 4 is 50.0 Å². The molecular formula is C36H36Cl2NO4S+. The molecule has 1 N–H and O–H groups in total. The molecular weight excluding hydrogens is 613 g/mol. The Morgan fingerprint density at radius 3 is 2.48 bits per heavy atom. The quantitative estimate of drug-likeness (QED) is 0.123. The summed E-state index contributed by atoms with van der Waals surface area (Å²) in [5.41, 5.74) is 3.75. The van der Waals surface area contributed by atoms with E-state index >= 15 is 0 Å². The van der Waals surface area contributed by atoms with Gasteiger partial charge < -0.3 is 4.74 Å². The topological polar surface area (TPSA) is 66.6 Å². The number of rotatable bonds is 7. The molecule has 1 unspecified atom stereocenters. The van der Waals surface area contributed by atoms with Crippen LogP contribution in [0.3, 0.4) is 0 Å². The van der Waals surface area contributed by atoms with Crippen LogP contribution in [0.25, 0.3) is 21.9 Å². The van der Waals surface area contributed by atoms with E-state index in [0.717, 1.165) is 41.0 Å². The second kappa shape index (κ2) is 11.6. The molecule has 2 aliphatic rings. The lowest BCUT2D eigenvalue weighted by Crippen LogP contribution is -2.46. The van der Waals surface area contributed by atoms with Crippen molar-refractivity contribution in [3.63, 3.8) is 0 Å². The largest absolute Gasteiger partial charge is 0.441 e. The van der Waals surface area contributed by atoms with Gasteiger partial charge in [0.1, 0.15) is 4.90 Å². The minimum Gasteiger partial charge on any atom is -0.441 e. The van der Waals surface area contributed by atoms with Crippen LogP contribution in [0.1, 0.15) is 56.7 Å². The van der Waals surface area contributed by atoms with Crippen molar-refractivity contribution in [3.8, 4) is 11.1 Å². The standard InChI is InChI=1S/C36H35Cl2NO4S/c1-5-18-36(4)20-29(34(23-12-15-26(37)16-13-23)39-31(22(2)3)21-43-35(36)39)28-9-7-10-30(38)33(28)25-14-17-27-24(19-25)8-6-11-32(27)44(40,41)42/h5-17,19,22,29,31,34H,1,18,20-21H2,2-4H3/p+1/t29-,31-,34?,36+/m1/s1. The molecule has 0 fully saturated rings. The zero-order chi connectivity index (χ0) is 31.4. The van der Waals surface area contributed by atoms with Crippen LogP contribution in [-0.2, 0) is 14.9 Å². The first kappa shape index (κ1) is 30.8. The van der Waals surface area contributed by atoms with Crippen LogP contribution in [-0.4, -0.2) is 36.1 Å². The molecule has 0 radical (unpaired) electrons. The zero-order valence-corrected chi connectivity index (χ0v) is 27.3. The highest BCUT2D eigenvalue weighted by Crippen LogP contribution is 2.53. The predicted octanol–water partition coefficient (Wildman–Crippen LogP) is 9.34. The van der Waals surface area contributed by atoms with Gasteiger partial charge in [-0.05, 0) is 66.6 Å². The van der Waals surface area contributed by atoms with Gasteiger partial charge in [0.15, 0.2) is 18.7 Å². The molecule has 0 bridgehead atoms. The van der Waals surface area contributed by atoms with Gasteiger partial charge in [0.05, 0.1) is 11.3 Å². The third-order valence-electron chi connectivity index (χ3n) is 9.28. The van der Waals surface area contributed by atoms with Crippen LogP contribution in [0.2, 0.25) is 10.0 Å². The number of allylic oxidation sites excluding steroid dienone is 1. The lowest BCUT2D eigenvalue weighted by molar-refractivity contribution is -0.616. The molecule has 228 valence electrons. The molecule has 0 aliphatic carbocycles. The number of hydrogen-bond donors (Lipinski definition) is 1. The molecule has 4 aromatic carbocycles. The number of hydrogen-bond acceptors (Lipinski definition) is 3. The van der Waals surface area contributed by atoms with Crippen molar-refractivity contribution in [2.75, 3.05) is 6.61 Å². The van der Waals surface area contributed by atoms with Crippen molar-refractivity contribution < 1.29 is 22.3 Å². The van der Waals surface area contributed by atoms with E-state index in [0.29, 0.717) is 33.3 Å². The SMILES string of the molecule is C=CC[C@@]1(C)C[C@H](c2cccc(Cl)c2-c2ccc3c(S(=O)(=O)O)cccc3c2)C(c2ccc(Cl)cc2)[N+]2=C1OC[C@@H]2C(C)C. The first-order valence-corrected chi connectivity index (χ1v) is 17.1. The van der Waals surface area contributed by atoms with Crippen LogP contribution in [0, 0.1) is 11.3 Å². The van der Waals surface area contributed by atoms with E-state index in [1.807, 2.05) is 48.5 Å². The monoisotopic (exact) mass is 648 g/mol. The molecule has 2 aliphatic heterocycles. The van der Waals surface area contributed by atoms with Crippen LogP contribution in [0.4, 0.5) is 0 Å². The third-order valence-corrected chi connectivity index (χ3v) is 10.8. The smallest absolute Gasteiger partial charge is 0.343 e. The van der Waals surface area contributed by atoms with E-state index in [-0.39, 0.29) is 28.3 Å². The van der Waals surface area contributed by atoms with Crippen molar-refractivity contribution in [2.45, 2.75) is 56.5 Å². The Labute approximate surface area is 269 Å². The molecule has 2 heterocycles. The van der Waals surface area contributed by atoms with Crippen molar-refractivity contribution in [3.05, 3.63) is 113 Å². The fourth-order valence-electron chi connectivity index (χ4n) is 7.29. The van der Waals surface area contributed by atoms with Gasteiger partial charge in [0.25, 0.3) is 10.1 Å². The number of nitrogens with zero attached hydrogens (tertiary/aromatic N) is 1. The van der Waals surface area contributed by atoms with E-state index in [1.165, 1.54) is 6.07 Å². The molecule has 4 atom stereocenters. The summed E-state index contributed by atoms with van der Waals surface area (Å²) in [6.07, 6.45) is 3.54. The second-order valence-electron chi connectivity index (χ2n) is 12.6. The van der Waals surface area contributed by atoms with Gasteiger partial charge in [-0.1, -0.05) is 91.7 Å². The molecule has 0 spiro atoms. The molecule has 5 nitrogen and oxygen atoms in total. The molecule has 44 heavy (non-hydrogen) atoms. The van der Waals surface area contributed by atoms with Crippen molar-refractivity contribution in [1.82, 2.24) is 0 Å². The van der Waals surface area contributed by atoms with Crippen LogP contribution in [0.5, 0.6) is 0 Å². The summed E-state index contributed by atoms with van der Waals surface area (Å²) in [5.74, 6) is 1.38. The van der Waals surface area contributed by atoms with Gasteiger partial charge in [0.2, 0.25) is 0 Å². The fraction of sp³-hybridized carbons (Fsp3) is 0.306. The van der Waals surface area contributed by atoms with Gasteiger partial charge in [-0.3, -0.25) is 4.55 Å². The molecule has 0 aromatic heterocycles. The number of halogens is 2. The maximum Gasteiger partial charge on any atom is 0.343 e. The van der Waals surface area contributed by atoms with E-state index in [1.54, 1.807) is 12.1 Å². The summed E-state index contributed by atoms with van der Waals surface area (Å²) in [6.45, 7) is 11.5. The maximum atomic E-state index is 12.1. The molecule has 0 saturated carbocycles. The summed E-state index contributed by atoms with van der Waals surface area (Å²) in [6, 6.07) is 24.8. The Hall–Kier alpha value is -3.16. The minimum absolute atomic E-state index is 0.0152. The van der Waals surface area contributed by atoms with E-state index in [4.69, 9.17) is 27.9 Å². The third kappa shape index (κ3) is 5.36. The van der Waals surface area contributed by atoms with Crippen molar-refractivity contribution in [2.24, 2.45) is 11.3 Å². The lowest BCUT2D eigenvalue weighted by Gasteiger charge is -2.39. The summed E-state index contributed by atoms with van der Waals surface area (Å²) in [5, 5.41) is 2.45. The summed E-state index contributed by atoms with van der Waals surface area (Å²) in [4.78, 5) is -0.118. The Morgan fingerprint density at radius 2 is 1.80 bits per heavy atom. The lowest BCUT2D eigenvalue weighted by atomic mass is 9.68. The van der Waals surface area contributed by atoms with Crippen LogP contribution < -0.4 is 0 Å². The summed E-state index contributed by atoms with van der Waals surface area (Å²) in [7, 11) is -4.38. The van der Waals surface area contributed by atoms with E-state index in [9.17, 15) is 13.0 Å². The number of ether oxygens (including phenoxy) is 1. The van der Waals surface area contributed by atoms with Gasteiger partial charge in [0, 0.05) is 32.5 Å². The van der Waals surface area contributed by atoms with Crippen molar-refractivity contribution in [1.29, 1.82) is 0 Å². The highest BCUT2D eigenvalue weighted by molar-refractivity contribution is 7.86. The summed E-state index contributed by atoms with van der Waals surface area (Å²) >= 11 is 13.4. The average Bonchev–Trinajstić information content (AvgIpc) is 3.43. The van der Waals surface area contributed by atoms with Crippen LogP contribution in [0.15, 0.2) is 96.4 Å². The van der Waals surface area contributed by atoms with Gasteiger partial charge >= 0.3 is 5.90 Å². The van der Waals surface area contributed by atoms with E-state index < -0.39 is 10.1 Å². The van der Waals surface area contributed by atoms with Crippen LogP contribution >= 0.6 is 23.2 Å². The first-order chi connectivity index (χ1) is 20.9. The highest BCUT2D eigenvalue weighted by atomic mass is 35.5. The fourth-order valence-corrected chi connectivity index (χ4v) is 8.42. The second-order valence-corrected chi connectivity index (χ2v) is 14.8. The highest BCUT2D eigenvalue weighted by Gasteiger charge is 2.57. The maximum absolute atomic E-state index is 12.1. The minimum atomic E-state index is -4.38. The number of fused-ring (bicyclic) bond motifs is 1. The molecule has 8 heteroatoms. The zero-order valence-electron chi connectivity index (χ0n) is 25.0. The molecule has 4 aromatic rings. The first-order valence-electron chi connectivity index (χ1n) is 14.9. The Bertz CT molecular complexity index is 1900. The Morgan fingerprint density at radius 1 is 1.07 bits per heavy atom. The number of benzene rings is 4. The van der Waals surface area contributed by atoms with Gasteiger partial charge in [-0.15, -0.1) is 6.58 Å². The Kier molecular flexibility index (Phi) is 8.16.